The van der Waals surface area contributed by atoms with Crippen molar-refractivity contribution in [2.24, 2.45) is 0 Å². The minimum Gasteiger partial charge on any atom is -0.387 e. The van der Waals surface area contributed by atoms with E-state index >= 15 is 0 Å². The average Bonchev–Trinajstić information content (AvgIpc) is 3.52. The Morgan fingerprint density at radius 3 is 2.51 bits per heavy atom. The Hall–Kier alpha value is -4.58. The Balaban J connectivity index is 1.65. The Labute approximate surface area is 206 Å². The maximum atomic E-state index is 14.9. The van der Waals surface area contributed by atoms with Gasteiger partial charge in [0.05, 0.1) is 34.3 Å². The Kier molecular flexibility index (Phi) is 5.96. The summed E-state index contributed by atoms with van der Waals surface area (Å²) in [6.45, 7) is 1.52. The SMILES string of the molecule is CC(O)c1ccc2nn(-c3ccccc3)c(NC(=O)c3cc(-c4cc[nH]n4)c(C(F)(F)F)cc3F)c2n1. The first-order chi connectivity index (χ1) is 17.6. The molecule has 188 valence electrons. The van der Waals surface area contributed by atoms with Crippen molar-refractivity contribution in [1.29, 1.82) is 0 Å². The second-order valence-electron chi connectivity index (χ2n) is 8.16. The number of pyridine rings is 1. The van der Waals surface area contributed by atoms with Gasteiger partial charge in [-0.25, -0.2) is 14.1 Å². The molecule has 0 bridgehead atoms. The molecule has 0 aliphatic heterocycles. The zero-order valence-corrected chi connectivity index (χ0v) is 19.1. The molecular formula is C25H18F4N6O2. The van der Waals surface area contributed by atoms with Gasteiger partial charge in [-0.2, -0.15) is 23.4 Å². The molecule has 0 spiro atoms. The first-order valence-corrected chi connectivity index (χ1v) is 11.0. The number of aliphatic hydroxyl groups is 1. The van der Waals surface area contributed by atoms with Crippen LogP contribution >= 0.6 is 0 Å². The lowest BCUT2D eigenvalue weighted by atomic mass is 9.99. The minimum absolute atomic E-state index is 0.0503. The molecular weight excluding hydrogens is 492 g/mol. The van der Waals surface area contributed by atoms with Crippen molar-refractivity contribution in [3.8, 4) is 16.9 Å². The highest BCUT2D eigenvalue weighted by molar-refractivity contribution is 6.08. The number of aromatic amines is 1. The van der Waals surface area contributed by atoms with E-state index in [2.05, 4.69) is 25.6 Å². The van der Waals surface area contributed by atoms with Crippen LogP contribution in [-0.4, -0.2) is 36.0 Å². The first-order valence-electron chi connectivity index (χ1n) is 11.0. The van der Waals surface area contributed by atoms with Crippen LogP contribution in [0.4, 0.5) is 23.4 Å². The fraction of sp³-hybridized carbons (Fsp3) is 0.120. The van der Waals surface area contributed by atoms with Crippen LogP contribution in [0.1, 0.15) is 34.6 Å². The number of para-hydroxylation sites is 1. The number of aromatic nitrogens is 5. The van der Waals surface area contributed by atoms with Gasteiger partial charge < -0.3 is 10.4 Å². The van der Waals surface area contributed by atoms with Crippen LogP contribution in [0, 0.1) is 5.82 Å². The van der Waals surface area contributed by atoms with E-state index < -0.39 is 40.7 Å². The number of hydrogen-bond acceptors (Lipinski definition) is 5. The lowest BCUT2D eigenvalue weighted by molar-refractivity contribution is -0.137. The second-order valence-corrected chi connectivity index (χ2v) is 8.16. The zero-order chi connectivity index (χ0) is 26.3. The van der Waals surface area contributed by atoms with Gasteiger partial charge in [0.2, 0.25) is 0 Å². The molecule has 2 aromatic carbocycles. The number of fused-ring (bicyclic) bond motifs is 1. The molecule has 5 rings (SSSR count). The molecule has 8 nitrogen and oxygen atoms in total. The van der Waals surface area contributed by atoms with E-state index in [1.165, 1.54) is 23.9 Å². The lowest BCUT2D eigenvalue weighted by Crippen LogP contribution is -2.18. The van der Waals surface area contributed by atoms with E-state index in [9.17, 15) is 27.5 Å². The van der Waals surface area contributed by atoms with Crippen molar-refractivity contribution in [3.05, 3.63) is 89.5 Å². The fourth-order valence-corrected chi connectivity index (χ4v) is 3.86. The van der Waals surface area contributed by atoms with Gasteiger partial charge in [0.1, 0.15) is 16.9 Å². The lowest BCUT2D eigenvalue weighted by Gasteiger charge is -2.15. The van der Waals surface area contributed by atoms with Gasteiger partial charge in [0, 0.05) is 11.8 Å². The molecule has 1 atom stereocenters. The molecule has 12 heteroatoms. The molecule has 0 aliphatic rings. The van der Waals surface area contributed by atoms with Crippen LogP contribution in [0.15, 0.2) is 66.9 Å². The summed E-state index contributed by atoms with van der Waals surface area (Å²) >= 11 is 0. The van der Waals surface area contributed by atoms with E-state index in [-0.39, 0.29) is 23.1 Å². The number of carbonyl (C=O) groups is 1. The number of nitrogens with zero attached hydrogens (tertiary/aromatic N) is 4. The van der Waals surface area contributed by atoms with Gasteiger partial charge in [-0.3, -0.25) is 9.89 Å². The number of amides is 1. The normalized spacial score (nSPS) is 12.6. The molecule has 37 heavy (non-hydrogen) atoms. The summed E-state index contributed by atoms with van der Waals surface area (Å²) < 4.78 is 57.2. The topological polar surface area (TPSA) is 109 Å². The molecule has 3 heterocycles. The molecule has 3 aromatic heterocycles. The Morgan fingerprint density at radius 2 is 1.86 bits per heavy atom. The molecule has 5 aromatic rings. The van der Waals surface area contributed by atoms with E-state index in [4.69, 9.17) is 0 Å². The number of halogens is 4. The molecule has 0 saturated heterocycles. The molecule has 0 radical (unpaired) electrons. The second kappa shape index (κ2) is 9.13. The molecule has 1 amide bonds. The van der Waals surface area contributed by atoms with Gasteiger partial charge in [-0.15, -0.1) is 0 Å². The maximum absolute atomic E-state index is 14.9. The Morgan fingerprint density at radius 1 is 1.11 bits per heavy atom. The number of hydrogen-bond donors (Lipinski definition) is 3. The summed E-state index contributed by atoms with van der Waals surface area (Å²) in [5.74, 6) is -2.34. The van der Waals surface area contributed by atoms with Gasteiger partial charge in [0.25, 0.3) is 5.91 Å². The third-order valence-electron chi connectivity index (χ3n) is 5.63. The van der Waals surface area contributed by atoms with Gasteiger partial charge in [0.15, 0.2) is 5.82 Å². The number of aliphatic hydroxyl groups excluding tert-OH is 1. The first kappa shape index (κ1) is 24.1. The average molecular weight is 510 g/mol. The smallest absolute Gasteiger partial charge is 0.387 e. The molecule has 0 aliphatic carbocycles. The predicted octanol–water partition coefficient (Wildman–Crippen LogP) is 5.27. The number of alkyl halides is 3. The number of carbonyl (C=O) groups excluding carboxylic acids is 1. The number of rotatable bonds is 5. The molecule has 1 unspecified atom stereocenters. The highest BCUT2D eigenvalue weighted by atomic mass is 19.4. The van der Waals surface area contributed by atoms with Crippen LogP contribution in [0.5, 0.6) is 0 Å². The van der Waals surface area contributed by atoms with Crippen molar-refractivity contribution in [2.45, 2.75) is 19.2 Å². The van der Waals surface area contributed by atoms with Gasteiger partial charge in [-0.1, -0.05) is 18.2 Å². The monoisotopic (exact) mass is 510 g/mol. The summed E-state index contributed by atoms with van der Waals surface area (Å²) in [6.07, 6.45) is -4.49. The Bertz CT molecular complexity index is 1600. The summed E-state index contributed by atoms with van der Waals surface area (Å²) in [4.78, 5) is 17.7. The highest BCUT2D eigenvalue weighted by Gasteiger charge is 2.36. The molecule has 0 saturated carbocycles. The van der Waals surface area contributed by atoms with Crippen molar-refractivity contribution in [3.63, 3.8) is 0 Å². The summed E-state index contributed by atoms with van der Waals surface area (Å²) in [5, 5.41) is 23.2. The van der Waals surface area contributed by atoms with Crippen LogP contribution in [0.3, 0.4) is 0 Å². The van der Waals surface area contributed by atoms with E-state index in [1.54, 1.807) is 42.5 Å². The fourth-order valence-electron chi connectivity index (χ4n) is 3.86. The van der Waals surface area contributed by atoms with Crippen molar-refractivity contribution in [2.75, 3.05) is 5.32 Å². The number of H-pyrrole nitrogens is 1. The maximum Gasteiger partial charge on any atom is 0.417 e. The number of nitrogens with one attached hydrogen (secondary N) is 2. The zero-order valence-electron chi connectivity index (χ0n) is 19.1. The number of benzene rings is 2. The third-order valence-corrected chi connectivity index (χ3v) is 5.63. The summed E-state index contributed by atoms with van der Waals surface area (Å²) in [7, 11) is 0. The predicted molar refractivity (Wildman–Crippen MR) is 126 cm³/mol. The van der Waals surface area contributed by atoms with Crippen LogP contribution in [0.2, 0.25) is 0 Å². The largest absolute Gasteiger partial charge is 0.417 e. The number of anilines is 1. The van der Waals surface area contributed by atoms with Crippen molar-refractivity contribution >= 4 is 22.8 Å². The molecule has 0 fully saturated rings. The van der Waals surface area contributed by atoms with Crippen LogP contribution in [0.25, 0.3) is 28.0 Å². The van der Waals surface area contributed by atoms with E-state index in [0.29, 0.717) is 16.9 Å². The highest BCUT2D eigenvalue weighted by Crippen LogP contribution is 2.38. The van der Waals surface area contributed by atoms with Crippen molar-refractivity contribution in [1.82, 2.24) is 25.0 Å². The van der Waals surface area contributed by atoms with Gasteiger partial charge >= 0.3 is 6.18 Å². The summed E-state index contributed by atoms with van der Waals surface area (Å²) in [5.41, 5.74) is -1.05. The van der Waals surface area contributed by atoms with E-state index in [0.717, 1.165) is 6.07 Å². The molecule has 3 N–H and O–H groups in total. The van der Waals surface area contributed by atoms with Crippen molar-refractivity contribution < 1.29 is 27.5 Å². The quantitative estimate of drug-likeness (QED) is 0.279. The standard InChI is InChI=1S/C25H18F4N6O2/c1-13(36)19-7-8-21-22(31-19)23(35(34-21)14-5-3-2-4-6-14)32-24(37)16-11-15(20-9-10-30-33-20)17(12-18(16)26)25(27,28)29/h2-13,36H,1H3,(H,30,33)(H,32,37). The third kappa shape index (κ3) is 4.54. The summed E-state index contributed by atoms with van der Waals surface area (Å²) in [6, 6.07) is 14.2. The van der Waals surface area contributed by atoms with Crippen LogP contribution < -0.4 is 5.32 Å². The van der Waals surface area contributed by atoms with Gasteiger partial charge in [-0.05, 0) is 49.4 Å². The van der Waals surface area contributed by atoms with Crippen LogP contribution in [-0.2, 0) is 6.18 Å². The van der Waals surface area contributed by atoms with E-state index in [1.807, 2.05) is 0 Å². The minimum atomic E-state index is -4.88.